The van der Waals surface area contributed by atoms with Crippen LogP contribution in [0.2, 0.25) is 10.0 Å². The first-order chi connectivity index (χ1) is 15.4. The summed E-state index contributed by atoms with van der Waals surface area (Å²) in [6.45, 7) is 0.353. The molecule has 1 aliphatic rings. The zero-order valence-corrected chi connectivity index (χ0v) is 19.2. The molecule has 0 aromatic heterocycles. The highest BCUT2D eigenvalue weighted by Gasteiger charge is 2.36. The molecule has 1 saturated heterocycles. The van der Waals surface area contributed by atoms with Gasteiger partial charge < -0.3 is 9.47 Å². The molecular formula is C24H17Cl2NO4S. The Bertz CT molecular complexity index is 1210. The number of rotatable bonds is 6. The summed E-state index contributed by atoms with van der Waals surface area (Å²) in [6, 6.07) is 19.3. The van der Waals surface area contributed by atoms with Crippen LogP contribution >= 0.6 is 35.0 Å². The van der Waals surface area contributed by atoms with Gasteiger partial charge in [-0.25, -0.2) is 4.90 Å². The first kappa shape index (κ1) is 22.3. The summed E-state index contributed by atoms with van der Waals surface area (Å²) in [7, 11) is 1.54. The normalized spacial score (nSPS) is 14.8. The van der Waals surface area contributed by atoms with Crippen LogP contribution < -0.4 is 14.4 Å². The molecule has 0 bridgehead atoms. The molecule has 32 heavy (non-hydrogen) atoms. The van der Waals surface area contributed by atoms with Gasteiger partial charge in [-0.2, -0.15) is 0 Å². The van der Waals surface area contributed by atoms with Gasteiger partial charge in [0.05, 0.1) is 17.7 Å². The van der Waals surface area contributed by atoms with Gasteiger partial charge >= 0.3 is 0 Å². The van der Waals surface area contributed by atoms with E-state index in [1.807, 2.05) is 12.1 Å². The second-order valence-corrected chi connectivity index (χ2v) is 8.69. The van der Waals surface area contributed by atoms with Gasteiger partial charge in [-0.3, -0.25) is 9.59 Å². The molecule has 0 N–H and O–H groups in total. The summed E-state index contributed by atoms with van der Waals surface area (Å²) < 4.78 is 11.3. The summed E-state index contributed by atoms with van der Waals surface area (Å²) in [6.07, 6.45) is 1.65. The quantitative estimate of drug-likeness (QED) is 0.358. The van der Waals surface area contributed by atoms with Crippen molar-refractivity contribution in [3.63, 3.8) is 0 Å². The van der Waals surface area contributed by atoms with Crippen LogP contribution in [-0.4, -0.2) is 18.3 Å². The molecule has 162 valence electrons. The fourth-order valence-corrected chi connectivity index (χ4v) is 4.24. The van der Waals surface area contributed by atoms with E-state index in [4.69, 9.17) is 32.7 Å². The van der Waals surface area contributed by atoms with Crippen LogP contribution in [0.3, 0.4) is 0 Å². The third-order valence-corrected chi connectivity index (χ3v) is 6.01. The highest BCUT2D eigenvalue weighted by Crippen LogP contribution is 2.37. The van der Waals surface area contributed by atoms with Crippen LogP contribution in [0, 0.1) is 0 Å². The van der Waals surface area contributed by atoms with Gasteiger partial charge in [-0.15, -0.1) is 0 Å². The molecule has 4 rings (SSSR count). The summed E-state index contributed by atoms with van der Waals surface area (Å²) in [5, 5.41) is 0.735. The number of ether oxygens (including phenoxy) is 2. The number of anilines is 1. The summed E-state index contributed by atoms with van der Waals surface area (Å²) in [5.74, 6) is 0.678. The minimum atomic E-state index is -0.399. The molecule has 3 aromatic carbocycles. The SMILES string of the molecule is COc1cc(/C=C2/SC(=O)N(c3cccc(Cl)c3)C2=O)ccc1OCc1ccc(Cl)cc1. The zero-order valence-electron chi connectivity index (χ0n) is 16.9. The van der Waals surface area contributed by atoms with E-state index < -0.39 is 5.91 Å². The van der Waals surface area contributed by atoms with Crippen molar-refractivity contribution < 1.29 is 19.1 Å². The van der Waals surface area contributed by atoms with Crippen LogP contribution in [0.5, 0.6) is 11.5 Å². The van der Waals surface area contributed by atoms with Gasteiger partial charge in [0.15, 0.2) is 11.5 Å². The molecule has 0 atom stereocenters. The standard InChI is InChI=1S/C24H17Cl2NO4S/c1-30-21-11-16(7-10-20(21)31-14-15-5-8-17(25)9-6-15)12-22-23(28)27(24(29)32-22)19-4-2-3-18(26)13-19/h2-13H,14H2,1H3/b22-12+. The summed E-state index contributed by atoms with van der Waals surface area (Å²) in [4.78, 5) is 26.7. The first-order valence-corrected chi connectivity index (χ1v) is 11.1. The van der Waals surface area contributed by atoms with E-state index in [1.54, 1.807) is 67.8 Å². The average molecular weight is 486 g/mol. The number of halogens is 2. The molecule has 0 spiro atoms. The number of nitrogens with zero attached hydrogens (tertiary/aromatic N) is 1. The molecule has 2 amide bonds. The van der Waals surface area contributed by atoms with Crippen molar-refractivity contribution in [2.45, 2.75) is 6.61 Å². The molecule has 5 nitrogen and oxygen atoms in total. The van der Waals surface area contributed by atoms with E-state index in [2.05, 4.69) is 0 Å². The molecule has 0 saturated carbocycles. The number of hydrogen-bond acceptors (Lipinski definition) is 5. The minimum absolute atomic E-state index is 0.312. The predicted molar refractivity (Wildman–Crippen MR) is 129 cm³/mol. The van der Waals surface area contributed by atoms with E-state index in [1.165, 1.54) is 0 Å². The Morgan fingerprint density at radius 1 is 0.938 bits per heavy atom. The van der Waals surface area contributed by atoms with Crippen LogP contribution in [0.1, 0.15) is 11.1 Å². The largest absolute Gasteiger partial charge is 0.493 e. The van der Waals surface area contributed by atoms with E-state index in [0.717, 1.165) is 22.2 Å². The molecule has 8 heteroatoms. The fraction of sp³-hybridized carbons (Fsp3) is 0.0833. The lowest BCUT2D eigenvalue weighted by molar-refractivity contribution is -0.113. The van der Waals surface area contributed by atoms with Crippen molar-refractivity contribution in [3.05, 3.63) is 92.8 Å². The van der Waals surface area contributed by atoms with Gasteiger partial charge in [0.2, 0.25) is 0 Å². The molecule has 1 aliphatic heterocycles. The Labute approximate surface area is 199 Å². The van der Waals surface area contributed by atoms with Gasteiger partial charge in [-0.05, 0) is 71.4 Å². The zero-order chi connectivity index (χ0) is 22.7. The number of carbonyl (C=O) groups excluding carboxylic acids is 2. The molecule has 0 unspecified atom stereocenters. The molecule has 1 fully saturated rings. The number of hydrogen-bond donors (Lipinski definition) is 0. The average Bonchev–Trinajstić information content (AvgIpc) is 3.06. The van der Waals surface area contributed by atoms with Crippen LogP contribution in [0.4, 0.5) is 10.5 Å². The second kappa shape index (κ2) is 9.69. The molecule has 3 aromatic rings. The number of imide groups is 1. The first-order valence-electron chi connectivity index (χ1n) is 9.53. The van der Waals surface area contributed by atoms with Gasteiger partial charge in [0.25, 0.3) is 11.1 Å². The maximum atomic E-state index is 12.8. The molecule has 1 heterocycles. The van der Waals surface area contributed by atoms with Gasteiger partial charge in [-0.1, -0.05) is 47.5 Å². The Balaban J connectivity index is 1.53. The maximum absolute atomic E-state index is 12.8. The molecule has 0 aliphatic carbocycles. The van der Waals surface area contributed by atoms with Crippen LogP contribution in [0.15, 0.2) is 71.6 Å². The number of carbonyl (C=O) groups is 2. The van der Waals surface area contributed by atoms with Crippen molar-refractivity contribution in [3.8, 4) is 11.5 Å². The molecule has 0 radical (unpaired) electrons. The smallest absolute Gasteiger partial charge is 0.298 e. The number of thioether (sulfide) groups is 1. The number of benzene rings is 3. The van der Waals surface area contributed by atoms with E-state index in [9.17, 15) is 9.59 Å². The van der Waals surface area contributed by atoms with Crippen molar-refractivity contribution in [1.82, 2.24) is 0 Å². The second-order valence-electron chi connectivity index (χ2n) is 6.82. The molecular weight excluding hydrogens is 469 g/mol. The van der Waals surface area contributed by atoms with Crippen LogP contribution in [0.25, 0.3) is 6.08 Å². The van der Waals surface area contributed by atoms with E-state index in [-0.39, 0.29) is 5.24 Å². The summed E-state index contributed by atoms with van der Waals surface area (Å²) in [5.41, 5.74) is 2.11. The Kier molecular flexibility index (Phi) is 6.74. The van der Waals surface area contributed by atoms with E-state index >= 15 is 0 Å². The van der Waals surface area contributed by atoms with Crippen LogP contribution in [-0.2, 0) is 11.4 Å². The van der Waals surface area contributed by atoms with Gasteiger partial charge in [0.1, 0.15) is 6.61 Å². The summed E-state index contributed by atoms with van der Waals surface area (Å²) >= 11 is 12.8. The van der Waals surface area contributed by atoms with Crippen molar-refractivity contribution in [2.75, 3.05) is 12.0 Å². The number of methoxy groups -OCH3 is 1. The van der Waals surface area contributed by atoms with Crippen molar-refractivity contribution in [2.24, 2.45) is 0 Å². The van der Waals surface area contributed by atoms with Crippen molar-refractivity contribution >= 4 is 57.9 Å². The topological polar surface area (TPSA) is 55.8 Å². The minimum Gasteiger partial charge on any atom is -0.493 e. The maximum Gasteiger partial charge on any atom is 0.298 e. The van der Waals surface area contributed by atoms with Crippen molar-refractivity contribution in [1.29, 1.82) is 0 Å². The third kappa shape index (κ3) is 4.93. The lowest BCUT2D eigenvalue weighted by Crippen LogP contribution is -2.27. The van der Waals surface area contributed by atoms with E-state index in [0.29, 0.717) is 44.3 Å². The highest BCUT2D eigenvalue weighted by molar-refractivity contribution is 8.19. The fourth-order valence-electron chi connectivity index (χ4n) is 3.09. The Morgan fingerprint density at radius 3 is 2.44 bits per heavy atom. The predicted octanol–water partition coefficient (Wildman–Crippen LogP) is 6.82. The number of amides is 2. The Morgan fingerprint density at radius 2 is 1.72 bits per heavy atom. The van der Waals surface area contributed by atoms with Gasteiger partial charge in [0, 0.05) is 10.0 Å². The third-order valence-electron chi connectivity index (χ3n) is 4.65. The monoisotopic (exact) mass is 485 g/mol. The lowest BCUT2D eigenvalue weighted by Gasteiger charge is -2.12. The highest BCUT2D eigenvalue weighted by atomic mass is 35.5. The Hall–Kier alpha value is -2.93. The lowest BCUT2D eigenvalue weighted by atomic mass is 10.1.